The Morgan fingerprint density at radius 3 is 2.08 bits per heavy atom. The molecule has 0 aliphatic carbocycles. The number of phenols is 1. The van der Waals surface area contributed by atoms with Crippen molar-refractivity contribution in [3.63, 3.8) is 0 Å². The van der Waals surface area contributed by atoms with Crippen LogP contribution in [-0.4, -0.2) is 27.6 Å². The van der Waals surface area contributed by atoms with Crippen molar-refractivity contribution < 1.29 is 57.1 Å². The molecule has 0 fully saturated rings. The molecule has 0 aromatic heterocycles. The third-order valence-electron chi connectivity index (χ3n) is 2.49. The van der Waals surface area contributed by atoms with Crippen molar-refractivity contribution in [1.29, 1.82) is 0 Å². The van der Waals surface area contributed by atoms with Crippen LogP contribution in [0, 0.1) is 10.1 Å². The molecule has 0 heterocycles. The van der Waals surface area contributed by atoms with E-state index in [-0.39, 0.29) is 46.7 Å². The van der Waals surface area contributed by atoms with E-state index in [1.165, 1.54) is 18.2 Å². The van der Waals surface area contributed by atoms with E-state index >= 15 is 0 Å². The fraction of sp³-hybridized carbons (Fsp3) is 0. The van der Waals surface area contributed by atoms with E-state index in [0.717, 1.165) is 6.07 Å². The van der Waals surface area contributed by atoms with Gasteiger partial charge in [0.1, 0.15) is 17.1 Å². The Kier molecular flexibility index (Phi) is 9.12. The molecule has 14 heteroatoms. The normalized spacial score (nSPS) is 10.5. The van der Waals surface area contributed by atoms with Crippen molar-refractivity contribution in [1.82, 2.24) is 0 Å². The van der Waals surface area contributed by atoms with Crippen LogP contribution in [0.4, 0.5) is 28.4 Å². The van der Waals surface area contributed by atoms with Crippen LogP contribution in [0.1, 0.15) is 0 Å². The summed E-state index contributed by atoms with van der Waals surface area (Å²) in [5.74, 6) is -0.214. The summed E-state index contributed by atoms with van der Waals surface area (Å²) in [5.41, 5.74) is 12.2. The molecule has 0 radical (unpaired) electrons. The molecule has 0 saturated carbocycles. The molecule has 0 spiro atoms. The second-order valence-electron chi connectivity index (χ2n) is 4.38. The van der Waals surface area contributed by atoms with Crippen LogP contribution >= 0.6 is 0 Å². The van der Waals surface area contributed by atoms with Gasteiger partial charge in [-0.3, -0.25) is 14.7 Å². The van der Waals surface area contributed by atoms with Crippen LogP contribution in [-0.2, 0) is 10.4 Å². The van der Waals surface area contributed by atoms with Crippen molar-refractivity contribution in [2.24, 2.45) is 10.2 Å². The van der Waals surface area contributed by atoms with E-state index in [0.29, 0.717) is 17.1 Å². The predicted octanol–water partition coefficient (Wildman–Crippen LogP) is -1.11. The summed E-state index contributed by atoms with van der Waals surface area (Å²) < 4.78 is 32.8. The predicted molar refractivity (Wildman–Crippen MR) is 86.5 cm³/mol. The van der Waals surface area contributed by atoms with Gasteiger partial charge in [-0.15, -0.1) is 10.2 Å². The van der Waals surface area contributed by atoms with Gasteiger partial charge < -0.3 is 21.1 Å². The minimum atomic E-state index is -4.92. The smallest absolute Gasteiger partial charge is 0.726 e. The number of azo groups is 1. The van der Waals surface area contributed by atoms with Crippen LogP contribution in [0.15, 0.2) is 46.6 Å². The third-order valence-corrected chi connectivity index (χ3v) is 2.49. The molecule has 0 saturated heterocycles. The molecule has 0 aliphatic heterocycles. The first-order valence-electron chi connectivity index (χ1n) is 6.20. The number of nitro benzene ring substituents is 1. The number of benzene rings is 2. The largest absolute Gasteiger partial charge is 1.00 e. The minimum Gasteiger partial charge on any atom is -0.726 e. The second-order valence-corrected chi connectivity index (χ2v) is 5.23. The number of anilines is 2. The molecule has 2 aromatic carbocycles. The summed E-state index contributed by atoms with van der Waals surface area (Å²) in [7, 11) is -4.92. The number of nitrogen functional groups attached to an aromatic ring is 2. The molecule has 2 aromatic rings. The molecular formula is C12H12N5NaO7S. The van der Waals surface area contributed by atoms with Crippen molar-refractivity contribution in [3.8, 4) is 5.75 Å². The SMILES string of the molecule is Nc1ccc(N=Nc2cc([N+](=O)[O-])ccc2O)c(N)c1.O=S(=O)([O-])O.[Na+]. The molecule has 0 aliphatic rings. The standard InChI is InChI=1S/C12H11N5O3.Na.H2O4S/c13-7-1-3-10(9(14)5-7)15-16-11-6-8(17(19)20)2-4-12(11)18;;1-5(2,3)4/h1-6,18H,13-14H2;;(H2,1,2,3,4)/q;+1;/p-1. The maximum absolute atomic E-state index is 10.6. The maximum Gasteiger partial charge on any atom is 1.00 e. The molecule has 0 bridgehead atoms. The Labute approximate surface area is 169 Å². The number of nitrogens with zero attached hydrogens (tertiary/aromatic N) is 3. The van der Waals surface area contributed by atoms with E-state index in [1.807, 2.05) is 0 Å². The van der Waals surface area contributed by atoms with Crippen molar-refractivity contribution in [2.45, 2.75) is 0 Å². The molecular weight excluding hydrogens is 381 g/mol. The van der Waals surface area contributed by atoms with Gasteiger partial charge in [0.15, 0.2) is 0 Å². The van der Waals surface area contributed by atoms with Crippen LogP contribution in [0.25, 0.3) is 0 Å². The average molecular weight is 393 g/mol. The zero-order chi connectivity index (χ0) is 19.2. The molecule has 0 amide bonds. The van der Waals surface area contributed by atoms with Crippen LogP contribution in [0.2, 0.25) is 0 Å². The number of nitro groups is 1. The van der Waals surface area contributed by atoms with E-state index in [4.69, 9.17) is 29.0 Å². The zero-order valence-electron chi connectivity index (χ0n) is 13.3. The van der Waals surface area contributed by atoms with Gasteiger partial charge in [-0.2, -0.15) is 0 Å². The molecule has 0 atom stereocenters. The van der Waals surface area contributed by atoms with Crippen LogP contribution < -0.4 is 41.0 Å². The quantitative estimate of drug-likeness (QED) is 0.0943. The van der Waals surface area contributed by atoms with Crippen molar-refractivity contribution >= 4 is 38.8 Å². The first-order chi connectivity index (χ1) is 11.5. The Hall–Kier alpha value is -2.29. The summed E-state index contributed by atoms with van der Waals surface area (Å²) in [5, 5.41) is 27.8. The Balaban J connectivity index is 0.000000923. The monoisotopic (exact) mass is 393 g/mol. The van der Waals surface area contributed by atoms with Crippen molar-refractivity contribution in [3.05, 3.63) is 46.5 Å². The molecule has 12 nitrogen and oxygen atoms in total. The first kappa shape index (κ1) is 23.7. The number of phenolic OH excluding ortho intramolecular Hbond substituents is 1. The van der Waals surface area contributed by atoms with E-state index in [2.05, 4.69) is 10.2 Å². The number of non-ortho nitro benzene ring substituents is 1. The third kappa shape index (κ3) is 8.70. The number of hydrogen-bond acceptors (Lipinski definition) is 10. The summed E-state index contributed by atoms with van der Waals surface area (Å²) in [6.45, 7) is 0. The number of aromatic hydroxyl groups is 1. The average Bonchev–Trinajstić information content (AvgIpc) is 2.46. The van der Waals surface area contributed by atoms with Gasteiger partial charge in [0.25, 0.3) is 5.69 Å². The van der Waals surface area contributed by atoms with Gasteiger partial charge >= 0.3 is 29.6 Å². The van der Waals surface area contributed by atoms with Gasteiger partial charge in [-0.1, -0.05) is 0 Å². The van der Waals surface area contributed by atoms with E-state index in [9.17, 15) is 15.2 Å². The molecule has 2 rings (SSSR count). The first-order valence-corrected chi connectivity index (χ1v) is 7.56. The number of hydrogen-bond donors (Lipinski definition) is 4. The van der Waals surface area contributed by atoms with Gasteiger partial charge in [0, 0.05) is 17.8 Å². The Bertz CT molecular complexity index is 912. The Morgan fingerprint density at radius 2 is 1.58 bits per heavy atom. The second kappa shape index (κ2) is 10.0. The topological polar surface area (TPSA) is 218 Å². The number of nitrogens with two attached hydrogens (primary N) is 2. The molecule has 0 unspecified atom stereocenters. The summed E-state index contributed by atoms with van der Waals surface area (Å²) in [4.78, 5) is 10.1. The van der Waals surface area contributed by atoms with Gasteiger partial charge in [-0.25, -0.2) is 8.42 Å². The molecule has 134 valence electrons. The summed E-state index contributed by atoms with van der Waals surface area (Å²) in [6.07, 6.45) is 0. The zero-order valence-corrected chi connectivity index (χ0v) is 16.1. The number of rotatable bonds is 3. The van der Waals surface area contributed by atoms with Gasteiger partial charge in [0.05, 0.1) is 10.6 Å². The maximum atomic E-state index is 10.6. The summed E-state index contributed by atoms with van der Waals surface area (Å²) in [6, 6.07) is 8.14. The van der Waals surface area contributed by atoms with Gasteiger partial charge in [0.2, 0.25) is 10.4 Å². The van der Waals surface area contributed by atoms with E-state index in [1.54, 1.807) is 12.1 Å². The summed E-state index contributed by atoms with van der Waals surface area (Å²) >= 11 is 0. The molecule has 6 N–H and O–H groups in total. The fourth-order valence-corrected chi connectivity index (χ4v) is 1.48. The minimum absolute atomic E-state index is 0. The van der Waals surface area contributed by atoms with Crippen LogP contribution in [0.3, 0.4) is 0 Å². The van der Waals surface area contributed by atoms with Gasteiger partial charge in [-0.05, 0) is 24.3 Å². The van der Waals surface area contributed by atoms with Crippen molar-refractivity contribution in [2.75, 3.05) is 11.5 Å². The fourth-order valence-electron chi connectivity index (χ4n) is 1.48. The molecule has 26 heavy (non-hydrogen) atoms. The Morgan fingerprint density at radius 1 is 1.04 bits per heavy atom. The van der Waals surface area contributed by atoms with Crippen LogP contribution in [0.5, 0.6) is 5.75 Å². The van der Waals surface area contributed by atoms with E-state index < -0.39 is 15.3 Å².